The lowest BCUT2D eigenvalue weighted by atomic mass is 10.2. The van der Waals surface area contributed by atoms with Crippen molar-refractivity contribution in [2.75, 3.05) is 44.2 Å². The van der Waals surface area contributed by atoms with Gasteiger partial charge in [-0.15, -0.1) is 0 Å². The molecule has 1 amide bonds. The van der Waals surface area contributed by atoms with Gasteiger partial charge in [-0.25, -0.2) is 14.7 Å². The Bertz CT molecular complexity index is 1230. The van der Waals surface area contributed by atoms with Gasteiger partial charge in [0.2, 0.25) is 5.95 Å². The maximum Gasteiger partial charge on any atom is 0.416 e. The summed E-state index contributed by atoms with van der Waals surface area (Å²) < 4.78 is 20.4. The topological polar surface area (TPSA) is 120 Å². The highest BCUT2D eigenvalue weighted by Gasteiger charge is 2.22. The SMILES string of the molecule is COc1ccc(N(C)c2nc(N(C)C(=O)OCC(COC(C)=O)OC(C)=O)nc3ccccc23)cc1. The Hall–Kier alpha value is -4.41. The normalized spacial score (nSPS) is 11.4. The van der Waals surface area contributed by atoms with Crippen LogP contribution in [0, 0.1) is 0 Å². The Labute approximate surface area is 208 Å². The molecular formula is C25H28N4O7. The zero-order valence-corrected chi connectivity index (χ0v) is 20.8. The number of hydrogen-bond donors (Lipinski definition) is 0. The molecule has 36 heavy (non-hydrogen) atoms. The van der Waals surface area contributed by atoms with E-state index in [1.54, 1.807) is 7.11 Å². The van der Waals surface area contributed by atoms with Crippen LogP contribution >= 0.6 is 0 Å². The van der Waals surface area contributed by atoms with Crippen molar-refractivity contribution in [2.45, 2.75) is 20.0 Å². The number of carbonyl (C=O) groups is 3. The summed E-state index contributed by atoms with van der Waals surface area (Å²) in [5, 5.41) is 0.789. The number of benzene rings is 2. The summed E-state index contributed by atoms with van der Waals surface area (Å²) in [6, 6.07) is 14.9. The van der Waals surface area contributed by atoms with Crippen molar-refractivity contribution < 1.29 is 33.3 Å². The van der Waals surface area contributed by atoms with Crippen molar-refractivity contribution in [1.29, 1.82) is 0 Å². The van der Waals surface area contributed by atoms with E-state index in [1.807, 2.05) is 60.5 Å². The quantitative estimate of drug-likeness (QED) is 0.322. The number of fused-ring (bicyclic) bond motifs is 1. The van der Waals surface area contributed by atoms with Crippen LogP contribution in [-0.2, 0) is 23.8 Å². The largest absolute Gasteiger partial charge is 0.497 e. The number of esters is 2. The summed E-state index contributed by atoms with van der Waals surface area (Å²) in [5.74, 6) is 0.268. The van der Waals surface area contributed by atoms with Gasteiger partial charge < -0.3 is 23.8 Å². The predicted molar refractivity (Wildman–Crippen MR) is 133 cm³/mol. The van der Waals surface area contributed by atoms with Gasteiger partial charge in [-0.05, 0) is 36.4 Å². The van der Waals surface area contributed by atoms with Crippen LogP contribution in [0.15, 0.2) is 48.5 Å². The molecule has 0 aliphatic heterocycles. The van der Waals surface area contributed by atoms with Crippen molar-refractivity contribution in [1.82, 2.24) is 9.97 Å². The average molecular weight is 497 g/mol. The predicted octanol–water partition coefficient (Wildman–Crippen LogP) is 3.47. The first-order valence-corrected chi connectivity index (χ1v) is 11.0. The molecule has 3 aromatic rings. The number of amides is 1. The second kappa shape index (κ2) is 11.8. The third-order valence-electron chi connectivity index (χ3n) is 5.12. The first-order chi connectivity index (χ1) is 17.2. The van der Waals surface area contributed by atoms with Crippen molar-refractivity contribution in [3.63, 3.8) is 0 Å². The van der Waals surface area contributed by atoms with Gasteiger partial charge in [0.15, 0.2) is 6.10 Å². The highest BCUT2D eigenvalue weighted by atomic mass is 16.6. The molecule has 190 valence electrons. The van der Waals surface area contributed by atoms with Crippen molar-refractivity contribution in [2.24, 2.45) is 0 Å². The molecular weight excluding hydrogens is 468 g/mol. The van der Waals surface area contributed by atoms with Gasteiger partial charge in [-0.3, -0.25) is 9.59 Å². The van der Waals surface area contributed by atoms with Crippen LogP contribution in [0.25, 0.3) is 10.9 Å². The zero-order valence-electron chi connectivity index (χ0n) is 20.8. The van der Waals surface area contributed by atoms with Gasteiger partial charge in [0.05, 0.1) is 12.6 Å². The van der Waals surface area contributed by atoms with Gasteiger partial charge in [0.25, 0.3) is 0 Å². The van der Waals surface area contributed by atoms with Crippen LogP contribution in [0.3, 0.4) is 0 Å². The molecule has 11 heteroatoms. The molecule has 0 fully saturated rings. The fraction of sp³-hybridized carbons (Fsp3) is 0.320. The van der Waals surface area contributed by atoms with E-state index in [0.29, 0.717) is 11.3 Å². The number of carbonyl (C=O) groups excluding carboxylic acids is 3. The Balaban J connectivity index is 1.84. The molecule has 0 spiro atoms. The summed E-state index contributed by atoms with van der Waals surface area (Å²) in [6.45, 7) is 1.87. The zero-order chi connectivity index (χ0) is 26.2. The van der Waals surface area contributed by atoms with Crippen LogP contribution in [0.4, 0.5) is 22.2 Å². The van der Waals surface area contributed by atoms with Crippen molar-refractivity contribution >= 4 is 46.4 Å². The smallest absolute Gasteiger partial charge is 0.416 e. The molecule has 1 unspecified atom stereocenters. The van der Waals surface area contributed by atoms with E-state index >= 15 is 0 Å². The molecule has 2 aromatic carbocycles. The van der Waals surface area contributed by atoms with Crippen LogP contribution in [-0.4, -0.2) is 68.5 Å². The highest BCUT2D eigenvalue weighted by molar-refractivity contribution is 5.94. The summed E-state index contributed by atoms with van der Waals surface area (Å²) in [6.07, 6.45) is -1.72. The number of methoxy groups -OCH3 is 1. The van der Waals surface area contributed by atoms with Crippen molar-refractivity contribution in [3.8, 4) is 5.75 Å². The molecule has 0 saturated heterocycles. The minimum atomic E-state index is -0.946. The summed E-state index contributed by atoms with van der Waals surface area (Å²) >= 11 is 0. The number of ether oxygens (including phenoxy) is 4. The Morgan fingerprint density at radius 3 is 2.19 bits per heavy atom. The Morgan fingerprint density at radius 1 is 0.889 bits per heavy atom. The second-order valence-electron chi connectivity index (χ2n) is 7.79. The number of nitrogens with zero attached hydrogens (tertiary/aromatic N) is 4. The molecule has 0 radical (unpaired) electrons. The Kier molecular flexibility index (Phi) is 8.61. The molecule has 3 rings (SSSR count). The minimum Gasteiger partial charge on any atom is -0.497 e. The fourth-order valence-corrected chi connectivity index (χ4v) is 3.29. The van der Waals surface area contributed by atoms with Crippen LogP contribution in [0.2, 0.25) is 0 Å². The first-order valence-electron chi connectivity index (χ1n) is 11.0. The standard InChI is InChI=1S/C25H28N4O7/c1-16(30)34-14-20(36-17(2)31)15-35-25(32)29(4)24-26-22-9-7-6-8-21(22)23(27-24)28(3)18-10-12-19(33-5)13-11-18/h6-13,20H,14-15H2,1-5H3. The molecule has 0 aliphatic rings. The number of para-hydroxylation sites is 1. The summed E-state index contributed by atoms with van der Waals surface area (Å²) in [4.78, 5) is 47.4. The van der Waals surface area contributed by atoms with Crippen LogP contribution < -0.4 is 14.5 Å². The maximum absolute atomic E-state index is 12.8. The molecule has 0 aliphatic carbocycles. The monoisotopic (exact) mass is 496 g/mol. The molecule has 0 saturated carbocycles. The van der Waals surface area contributed by atoms with E-state index in [2.05, 4.69) is 9.97 Å². The van der Waals surface area contributed by atoms with E-state index < -0.39 is 24.1 Å². The van der Waals surface area contributed by atoms with Gasteiger partial charge in [0, 0.05) is 39.0 Å². The van der Waals surface area contributed by atoms with Gasteiger partial charge in [-0.1, -0.05) is 12.1 Å². The van der Waals surface area contributed by atoms with Gasteiger partial charge >= 0.3 is 18.0 Å². The summed E-state index contributed by atoms with van der Waals surface area (Å²) in [5.41, 5.74) is 1.48. The van der Waals surface area contributed by atoms with Crippen molar-refractivity contribution in [3.05, 3.63) is 48.5 Å². The van der Waals surface area contributed by atoms with E-state index in [0.717, 1.165) is 21.7 Å². The average Bonchev–Trinajstić information content (AvgIpc) is 2.88. The fourth-order valence-electron chi connectivity index (χ4n) is 3.29. The van der Waals surface area contributed by atoms with E-state index in [9.17, 15) is 14.4 Å². The molecule has 1 atom stereocenters. The molecule has 0 N–H and O–H groups in total. The number of anilines is 3. The first kappa shape index (κ1) is 26.2. The van der Waals surface area contributed by atoms with E-state index in [1.165, 1.54) is 20.9 Å². The molecule has 0 bridgehead atoms. The maximum atomic E-state index is 12.8. The second-order valence-corrected chi connectivity index (χ2v) is 7.79. The van der Waals surface area contributed by atoms with Crippen LogP contribution in [0.1, 0.15) is 13.8 Å². The lowest BCUT2D eigenvalue weighted by molar-refractivity contribution is -0.158. The Morgan fingerprint density at radius 2 is 1.56 bits per heavy atom. The van der Waals surface area contributed by atoms with Crippen LogP contribution in [0.5, 0.6) is 5.75 Å². The molecule has 11 nitrogen and oxygen atoms in total. The lowest BCUT2D eigenvalue weighted by Gasteiger charge is -2.23. The van der Waals surface area contributed by atoms with Gasteiger partial charge in [-0.2, -0.15) is 4.98 Å². The number of rotatable bonds is 9. The number of hydrogen-bond acceptors (Lipinski definition) is 10. The minimum absolute atomic E-state index is 0.109. The third-order valence-corrected chi connectivity index (χ3v) is 5.12. The van der Waals surface area contributed by atoms with E-state index in [4.69, 9.17) is 18.9 Å². The molecule has 1 aromatic heterocycles. The van der Waals surface area contributed by atoms with Gasteiger partial charge in [0.1, 0.15) is 24.8 Å². The lowest BCUT2D eigenvalue weighted by Crippen LogP contribution is -2.35. The third kappa shape index (κ3) is 6.59. The summed E-state index contributed by atoms with van der Waals surface area (Å²) in [7, 11) is 4.93. The number of aromatic nitrogens is 2. The molecule has 1 heterocycles. The van der Waals surface area contributed by atoms with E-state index in [-0.39, 0.29) is 19.2 Å². The highest BCUT2D eigenvalue weighted by Crippen LogP contribution is 2.31.